The Bertz CT molecular complexity index is 1150. The number of carbonyl (C=O) groups excluding carboxylic acids is 1. The summed E-state index contributed by atoms with van der Waals surface area (Å²) >= 11 is 0. The molecule has 2 aromatic carbocycles. The van der Waals surface area contributed by atoms with Gasteiger partial charge in [-0.3, -0.25) is 4.79 Å². The first-order chi connectivity index (χ1) is 16.2. The highest BCUT2D eigenvalue weighted by Crippen LogP contribution is 2.39. The van der Waals surface area contributed by atoms with Gasteiger partial charge in [0.1, 0.15) is 0 Å². The van der Waals surface area contributed by atoms with Crippen LogP contribution in [-0.2, 0) is 0 Å². The van der Waals surface area contributed by atoms with E-state index in [-0.39, 0.29) is 5.91 Å². The molecular formula is C31H40N2O. The molecule has 0 saturated heterocycles. The molecule has 3 nitrogen and oxygen atoms in total. The molecule has 1 N–H and O–H groups in total. The van der Waals surface area contributed by atoms with Gasteiger partial charge >= 0.3 is 0 Å². The van der Waals surface area contributed by atoms with Gasteiger partial charge in [-0.1, -0.05) is 53.1 Å². The number of rotatable bonds is 8. The summed E-state index contributed by atoms with van der Waals surface area (Å²) in [6.07, 6.45) is 11.2. The molecule has 0 saturated carbocycles. The van der Waals surface area contributed by atoms with Crippen molar-refractivity contribution >= 4 is 23.0 Å². The average Bonchev–Trinajstić information content (AvgIpc) is 2.87. The number of carbonyl (C=O) groups is 1. The Balaban J connectivity index is 1.80. The van der Waals surface area contributed by atoms with E-state index in [1.807, 2.05) is 17.0 Å². The molecule has 2 aromatic rings. The normalized spacial score (nSPS) is 13.7. The third-order valence-corrected chi connectivity index (χ3v) is 6.49. The highest BCUT2D eigenvalue weighted by atomic mass is 16.2. The quantitative estimate of drug-likeness (QED) is 0.403. The second-order valence-electron chi connectivity index (χ2n) is 9.97. The molecule has 0 spiro atoms. The minimum atomic E-state index is 0.0500. The van der Waals surface area contributed by atoms with Crippen LogP contribution in [0.3, 0.4) is 0 Å². The predicted molar refractivity (Wildman–Crippen MR) is 147 cm³/mol. The molecule has 0 atom stereocenters. The Labute approximate surface area is 206 Å². The van der Waals surface area contributed by atoms with Crippen molar-refractivity contribution < 1.29 is 4.79 Å². The molecule has 0 unspecified atom stereocenters. The third kappa shape index (κ3) is 6.28. The molecule has 3 heteroatoms. The van der Waals surface area contributed by atoms with E-state index in [0.29, 0.717) is 6.54 Å². The summed E-state index contributed by atoms with van der Waals surface area (Å²) in [6, 6.07) is 10.2. The SMILES string of the molecule is CC(C)=CCC/C(C)=C/CC/C(C)=C/CN1C(=O)c2cccc(C)c2Nc2c(C)cc(C)cc21. The van der Waals surface area contributed by atoms with Crippen LogP contribution in [0.25, 0.3) is 0 Å². The molecule has 34 heavy (non-hydrogen) atoms. The van der Waals surface area contributed by atoms with E-state index in [9.17, 15) is 4.79 Å². The van der Waals surface area contributed by atoms with E-state index < -0.39 is 0 Å². The molecule has 0 radical (unpaired) electrons. The summed E-state index contributed by atoms with van der Waals surface area (Å²) in [6.45, 7) is 15.5. The Morgan fingerprint density at radius 1 is 0.853 bits per heavy atom. The first-order valence-corrected chi connectivity index (χ1v) is 12.4. The van der Waals surface area contributed by atoms with Gasteiger partial charge in [0, 0.05) is 6.54 Å². The highest BCUT2D eigenvalue weighted by molar-refractivity contribution is 6.14. The summed E-state index contributed by atoms with van der Waals surface area (Å²) in [7, 11) is 0. The van der Waals surface area contributed by atoms with Crippen molar-refractivity contribution in [2.45, 2.75) is 74.1 Å². The molecule has 0 bridgehead atoms. The van der Waals surface area contributed by atoms with Crippen LogP contribution in [-0.4, -0.2) is 12.5 Å². The summed E-state index contributed by atoms with van der Waals surface area (Å²) in [4.78, 5) is 15.6. The van der Waals surface area contributed by atoms with E-state index >= 15 is 0 Å². The Morgan fingerprint density at radius 3 is 2.24 bits per heavy atom. The fourth-order valence-corrected chi connectivity index (χ4v) is 4.48. The molecule has 1 aliphatic rings. The summed E-state index contributed by atoms with van der Waals surface area (Å²) in [5.41, 5.74) is 11.2. The Hall–Kier alpha value is -3.07. The lowest BCUT2D eigenvalue weighted by molar-refractivity contribution is 0.0991. The van der Waals surface area contributed by atoms with Crippen LogP contribution in [0.1, 0.15) is 80.4 Å². The van der Waals surface area contributed by atoms with Crippen LogP contribution in [0.5, 0.6) is 0 Å². The Kier molecular flexibility index (Phi) is 8.55. The van der Waals surface area contributed by atoms with Gasteiger partial charge in [0.2, 0.25) is 0 Å². The molecule has 0 aliphatic carbocycles. The van der Waals surface area contributed by atoms with Crippen molar-refractivity contribution in [2.24, 2.45) is 0 Å². The number of fused-ring (bicyclic) bond motifs is 2. The molecule has 3 rings (SSSR count). The third-order valence-electron chi connectivity index (χ3n) is 6.49. The number of aryl methyl sites for hydroxylation is 3. The molecule has 0 fully saturated rings. The predicted octanol–water partition coefficient (Wildman–Crippen LogP) is 8.73. The zero-order valence-corrected chi connectivity index (χ0v) is 22.0. The maximum atomic E-state index is 13.7. The van der Waals surface area contributed by atoms with Gasteiger partial charge in [-0.15, -0.1) is 0 Å². The van der Waals surface area contributed by atoms with Gasteiger partial charge in [-0.25, -0.2) is 0 Å². The van der Waals surface area contributed by atoms with Crippen LogP contribution in [0.4, 0.5) is 17.1 Å². The van der Waals surface area contributed by atoms with Crippen molar-refractivity contribution in [1.29, 1.82) is 0 Å². The molecule has 1 heterocycles. The summed E-state index contributed by atoms with van der Waals surface area (Å²) in [5, 5.41) is 3.59. The number of hydrogen-bond donors (Lipinski definition) is 1. The van der Waals surface area contributed by atoms with E-state index in [2.05, 4.69) is 90.2 Å². The number of anilines is 3. The topological polar surface area (TPSA) is 32.3 Å². The smallest absolute Gasteiger partial charge is 0.260 e. The largest absolute Gasteiger partial charge is 0.353 e. The fraction of sp³-hybridized carbons (Fsp3) is 0.387. The molecule has 1 aliphatic heterocycles. The first-order valence-electron chi connectivity index (χ1n) is 12.4. The van der Waals surface area contributed by atoms with Gasteiger partial charge in [-0.05, 0) is 103 Å². The van der Waals surface area contributed by atoms with E-state index in [0.717, 1.165) is 65.0 Å². The lowest BCUT2D eigenvalue weighted by Crippen LogP contribution is -2.30. The van der Waals surface area contributed by atoms with Crippen molar-refractivity contribution in [3.63, 3.8) is 0 Å². The van der Waals surface area contributed by atoms with Crippen molar-refractivity contribution in [1.82, 2.24) is 0 Å². The molecule has 0 aromatic heterocycles. The lowest BCUT2D eigenvalue weighted by Gasteiger charge is -2.23. The minimum absolute atomic E-state index is 0.0500. The summed E-state index contributed by atoms with van der Waals surface area (Å²) in [5.74, 6) is 0.0500. The van der Waals surface area contributed by atoms with Crippen LogP contribution in [0.2, 0.25) is 0 Å². The molecule has 180 valence electrons. The monoisotopic (exact) mass is 456 g/mol. The maximum absolute atomic E-state index is 13.7. The zero-order chi connectivity index (χ0) is 24.8. The van der Waals surface area contributed by atoms with E-state index in [4.69, 9.17) is 0 Å². The number of hydrogen-bond acceptors (Lipinski definition) is 2. The van der Waals surface area contributed by atoms with Gasteiger partial charge in [0.05, 0.1) is 22.6 Å². The highest BCUT2D eigenvalue weighted by Gasteiger charge is 2.28. The zero-order valence-electron chi connectivity index (χ0n) is 22.0. The fourth-order valence-electron chi connectivity index (χ4n) is 4.48. The van der Waals surface area contributed by atoms with Gasteiger partial charge in [-0.2, -0.15) is 0 Å². The van der Waals surface area contributed by atoms with E-state index in [1.165, 1.54) is 16.7 Å². The second-order valence-corrected chi connectivity index (χ2v) is 9.97. The number of allylic oxidation sites excluding steroid dienone is 5. The average molecular weight is 457 g/mol. The number of amides is 1. The standard InChI is InChI=1S/C31H40N2O/c1-21(2)11-8-12-22(3)13-9-14-23(4)17-18-33-28-20-24(5)19-26(7)30(28)32-29-25(6)15-10-16-27(29)31(33)34/h10-11,13,15-17,19-20,32H,8-9,12,14,18H2,1-7H3/b22-13+,23-17+. The number of nitrogens with one attached hydrogen (secondary N) is 1. The van der Waals surface area contributed by atoms with Crippen LogP contribution in [0, 0.1) is 20.8 Å². The number of para-hydroxylation sites is 1. The maximum Gasteiger partial charge on any atom is 0.260 e. The van der Waals surface area contributed by atoms with Crippen LogP contribution < -0.4 is 10.2 Å². The van der Waals surface area contributed by atoms with E-state index in [1.54, 1.807) is 0 Å². The number of nitrogens with zero attached hydrogens (tertiary/aromatic N) is 1. The minimum Gasteiger partial charge on any atom is -0.353 e. The summed E-state index contributed by atoms with van der Waals surface area (Å²) < 4.78 is 0. The number of benzene rings is 2. The van der Waals surface area contributed by atoms with Gasteiger partial charge < -0.3 is 10.2 Å². The van der Waals surface area contributed by atoms with Gasteiger partial charge in [0.15, 0.2) is 0 Å². The molecular weight excluding hydrogens is 416 g/mol. The van der Waals surface area contributed by atoms with Crippen LogP contribution >= 0.6 is 0 Å². The van der Waals surface area contributed by atoms with Gasteiger partial charge in [0.25, 0.3) is 5.91 Å². The second kappa shape index (κ2) is 11.4. The first kappa shape index (κ1) is 25.6. The Morgan fingerprint density at radius 2 is 1.53 bits per heavy atom. The van der Waals surface area contributed by atoms with Crippen molar-refractivity contribution in [3.8, 4) is 0 Å². The lowest BCUT2D eigenvalue weighted by atomic mass is 10.1. The molecule has 1 amide bonds. The van der Waals surface area contributed by atoms with Crippen molar-refractivity contribution in [2.75, 3.05) is 16.8 Å². The van der Waals surface area contributed by atoms with Crippen molar-refractivity contribution in [3.05, 3.63) is 87.5 Å². The van der Waals surface area contributed by atoms with Crippen LogP contribution in [0.15, 0.2) is 65.3 Å².